The molecule has 2 aliphatic rings. The molecule has 1 aromatic rings. The van der Waals surface area contributed by atoms with Gasteiger partial charge >= 0.3 is 0 Å². The molecular weight excluding hydrogens is 319 g/mol. The summed E-state index contributed by atoms with van der Waals surface area (Å²) in [4.78, 5) is 12.3. The van der Waals surface area contributed by atoms with Crippen molar-refractivity contribution < 1.29 is 17.6 Å². The molecule has 0 radical (unpaired) electrons. The first kappa shape index (κ1) is 16.2. The highest BCUT2D eigenvalue weighted by atomic mass is 32.2. The predicted molar refractivity (Wildman–Crippen MR) is 86.0 cm³/mol. The molecule has 3 atom stereocenters. The fraction of sp³-hybridized carbons (Fsp3) is 0.562. The number of benzene rings is 1. The van der Waals surface area contributed by atoms with Crippen LogP contribution in [0, 0.1) is 17.7 Å². The first-order chi connectivity index (χ1) is 10.8. The lowest BCUT2D eigenvalue weighted by molar-refractivity contribution is -0.120. The van der Waals surface area contributed by atoms with Crippen LogP contribution < -0.4 is 9.62 Å². The highest BCUT2D eigenvalue weighted by Crippen LogP contribution is 2.44. The highest BCUT2D eigenvalue weighted by molar-refractivity contribution is 7.92. The topological polar surface area (TPSA) is 66.5 Å². The summed E-state index contributed by atoms with van der Waals surface area (Å²) in [5.41, 5.74) is 0.289. The van der Waals surface area contributed by atoms with E-state index in [0.717, 1.165) is 23.4 Å². The molecule has 1 amide bonds. The molecule has 5 nitrogen and oxygen atoms in total. The lowest BCUT2D eigenvalue weighted by Gasteiger charge is -2.26. The Kier molecular flexibility index (Phi) is 4.31. The Hall–Kier alpha value is -1.63. The van der Waals surface area contributed by atoms with Crippen LogP contribution in [-0.4, -0.2) is 33.2 Å². The number of hydrogen-bond donors (Lipinski definition) is 1. The van der Waals surface area contributed by atoms with Gasteiger partial charge in [0.2, 0.25) is 15.9 Å². The normalized spacial score (nSPS) is 26.3. The van der Waals surface area contributed by atoms with E-state index in [1.165, 1.54) is 37.1 Å². The summed E-state index contributed by atoms with van der Waals surface area (Å²) < 4.78 is 38.0. The number of rotatable bonds is 5. The second-order valence-electron chi connectivity index (χ2n) is 6.59. The zero-order valence-electron chi connectivity index (χ0n) is 13.0. The lowest BCUT2D eigenvalue weighted by Crippen LogP contribution is -2.45. The number of halogens is 1. The van der Waals surface area contributed by atoms with E-state index in [-0.39, 0.29) is 24.2 Å². The number of carbonyl (C=O) groups is 1. The minimum absolute atomic E-state index is 0.163. The average molecular weight is 340 g/mol. The molecule has 0 spiro atoms. The summed E-state index contributed by atoms with van der Waals surface area (Å²) in [5, 5.41) is 2.97. The van der Waals surface area contributed by atoms with Gasteiger partial charge in [-0.15, -0.1) is 0 Å². The Morgan fingerprint density at radius 1 is 1.26 bits per heavy atom. The number of sulfonamides is 1. The van der Waals surface area contributed by atoms with E-state index >= 15 is 0 Å². The van der Waals surface area contributed by atoms with E-state index in [1.54, 1.807) is 0 Å². The number of anilines is 1. The largest absolute Gasteiger partial charge is 0.352 e. The van der Waals surface area contributed by atoms with E-state index in [2.05, 4.69) is 5.32 Å². The zero-order valence-corrected chi connectivity index (χ0v) is 13.9. The van der Waals surface area contributed by atoms with E-state index < -0.39 is 15.8 Å². The Balaban J connectivity index is 1.69. The summed E-state index contributed by atoms with van der Waals surface area (Å²) in [6, 6.07) is 5.25. The van der Waals surface area contributed by atoms with Crippen molar-refractivity contribution in [1.29, 1.82) is 0 Å². The first-order valence-electron chi connectivity index (χ1n) is 7.85. The molecule has 2 aliphatic carbocycles. The van der Waals surface area contributed by atoms with Crippen molar-refractivity contribution in [3.05, 3.63) is 30.1 Å². The smallest absolute Gasteiger partial charge is 0.241 e. The van der Waals surface area contributed by atoms with Gasteiger partial charge in [0.1, 0.15) is 12.4 Å². The minimum Gasteiger partial charge on any atom is -0.352 e. The summed E-state index contributed by atoms with van der Waals surface area (Å²) in [7, 11) is -3.62. The quantitative estimate of drug-likeness (QED) is 0.890. The molecule has 0 heterocycles. The number of hydrogen-bond acceptors (Lipinski definition) is 3. The number of carbonyl (C=O) groups excluding carboxylic acids is 1. The molecule has 1 N–H and O–H groups in total. The van der Waals surface area contributed by atoms with Crippen molar-refractivity contribution in [3.63, 3.8) is 0 Å². The number of nitrogens with one attached hydrogen (secondary N) is 1. The third-order valence-electron chi connectivity index (χ3n) is 4.89. The molecule has 2 bridgehead atoms. The number of fused-ring (bicyclic) bond motifs is 2. The molecule has 0 aliphatic heterocycles. The van der Waals surface area contributed by atoms with Crippen molar-refractivity contribution in [3.8, 4) is 0 Å². The van der Waals surface area contributed by atoms with Gasteiger partial charge in [0.05, 0.1) is 11.9 Å². The van der Waals surface area contributed by atoms with Crippen LogP contribution in [0.3, 0.4) is 0 Å². The van der Waals surface area contributed by atoms with Gasteiger partial charge in [0, 0.05) is 6.04 Å². The maximum atomic E-state index is 13.0. The third kappa shape index (κ3) is 3.65. The van der Waals surface area contributed by atoms with Crippen LogP contribution in [0.5, 0.6) is 0 Å². The van der Waals surface area contributed by atoms with E-state index in [0.29, 0.717) is 11.8 Å². The maximum absolute atomic E-state index is 13.0. The first-order valence-corrected chi connectivity index (χ1v) is 9.70. The van der Waals surface area contributed by atoms with E-state index in [4.69, 9.17) is 0 Å². The molecule has 1 aromatic carbocycles. The number of nitrogens with zero attached hydrogens (tertiary/aromatic N) is 1. The fourth-order valence-corrected chi connectivity index (χ4v) is 4.67. The Morgan fingerprint density at radius 2 is 1.96 bits per heavy atom. The van der Waals surface area contributed by atoms with Crippen molar-refractivity contribution in [2.45, 2.75) is 31.7 Å². The summed E-state index contributed by atoms with van der Waals surface area (Å²) >= 11 is 0. The van der Waals surface area contributed by atoms with Gasteiger partial charge in [-0.25, -0.2) is 12.8 Å². The van der Waals surface area contributed by atoms with Crippen LogP contribution >= 0.6 is 0 Å². The van der Waals surface area contributed by atoms with Crippen molar-refractivity contribution >= 4 is 21.6 Å². The van der Waals surface area contributed by atoms with Crippen LogP contribution in [-0.2, 0) is 14.8 Å². The second kappa shape index (κ2) is 6.11. The van der Waals surface area contributed by atoms with E-state index in [1.807, 2.05) is 0 Å². The Bertz CT molecular complexity index is 690. The molecular formula is C16H21FN2O3S. The molecule has 0 aromatic heterocycles. The highest BCUT2D eigenvalue weighted by Gasteiger charge is 2.40. The summed E-state index contributed by atoms with van der Waals surface area (Å²) in [6.45, 7) is -0.279. The van der Waals surface area contributed by atoms with Crippen LogP contribution in [0.2, 0.25) is 0 Å². The molecule has 0 saturated heterocycles. The van der Waals surface area contributed by atoms with Crippen molar-refractivity contribution in [2.24, 2.45) is 11.8 Å². The van der Waals surface area contributed by atoms with Gasteiger partial charge in [0.15, 0.2) is 0 Å². The lowest BCUT2D eigenvalue weighted by atomic mass is 9.95. The van der Waals surface area contributed by atoms with Gasteiger partial charge in [-0.1, -0.05) is 6.42 Å². The van der Waals surface area contributed by atoms with Crippen LogP contribution in [0.15, 0.2) is 24.3 Å². The molecule has 126 valence electrons. The molecule has 3 rings (SSSR count). The SMILES string of the molecule is CS(=O)(=O)N(CC(=O)N[C@@H]1C[C@H]2CC[C@H]1C2)c1ccc(F)cc1. The van der Waals surface area contributed by atoms with Crippen molar-refractivity contribution in [1.82, 2.24) is 5.32 Å². The van der Waals surface area contributed by atoms with Crippen molar-refractivity contribution in [2.75, 3.05) is 17.1 Å². The van der Waals surface area contributed by atoms with Crippen LogP contribution in [0.4, 0.5) is 10.1 Å². The monoisotopic (exact) mass is 340 g/mol. The molecule has 7 heteroatoms. The fourth-order valence-electron chi connectivity index (χ4n) is 3.81. The molecule has 0 unspecified atom stereocenters. The minimum atomic E-state index is -3.62. The van der Waals surface area contributed by atoms with Gasteiger partial charge < -0.3 is 5.32 Å². The van der Waals surface area contributed by atoms with Gasteiger partial charge in [-0.05, 0) is 55.4 Å². The standard InChI is InChI=1S/C16H21FN2O3S/c1-23(21,22)19(14-6-4-13(17)5-7-14)10-16(20)18-15-9-11-2-3-12(15)8-11/h4-7,11-12,15H,2-3,8-10H2,1H3,(H,18,20)/t11-,12-,15+/m0/s1. The van der Waals surface area contributed by atoms with Gasteiger partial charge in [0.25, 0.3) is 0 Å². The predicted octanol–water partition coefficient (Wildman–Crippen LogP) is 1.90. The molecule has 23 heavy (non-hydrogen) atoms. The Morgan fingerprint density at radius 3 is 2.48 bits per heavy atom. The van der Waals surface area contributed by atoms with Crippen LogP contribution in [0.25, 0.3) is 0 Å². The number of amides is 1. The van der Waals surface area contributed by atoms with Gasteiger partial charge in [-0.3, -0.25) is 9.10 Å². The van der Waals surface area contributed by atoms with Crippen LogP contribution in [0.1, 0.15) is 25.7 Å². The Labute approximate surface area is 135 Å². The zero-order chi connectivity index (χ0) is 16.6. The van der Waals surface area contributed by atoms with Gasteiger partial charge in [-0.2, -0.15) is 0 Å². The summed E-state index contributed by atoms with van der Waals surface area (Å²) in [6.07, 6.45) is 5.58. The van der Waals surface area contributed by atoms with E-state index in [9.17, 15) is 17.6 Å². The second-order valence-corrected chi connectivity index (χ2v) is 8.50. The molecule has 2 saturated carbocycles. The summed E-state index contributed by atoms with van der Waals surface area (Å²) in [5.74, 6) is 0.473. The average Bonchev–Trinajstić information content (AvgIpc) is 3.07. The maximum Gasteiger partial charge on any atom is 0.241 e. The third-order valence-corrected chi connectivity index (χ3v) is 6.03. The molecule has 2 fully saturated rings.